The maximum Gasteiger partial charge on any atom is -0.00670 e. The highest BCUT2D eigenvalue weighted by Gasteiger charge is 2.12. The summed E-state index contributed by atoms with van der Waals surface area (Å²) in [5.74, 6) is 0. The Morgan fingerprint density at radius 1 is 0.458 bits per heavy atom. The second kappa shape index (κ2) is 4.82. The van der Waals surface area contributed by atoms with Crippen molar-refractivity contribution in [2.75, 3.05) is 0 Å². The second-order valence-electron chi connectivity index (χ2n) is 6.70. The molecule has 0 amide bonds. The minimum Gasteiger partial charge on any atom is -0.0616 e. The molecule has 0 heteroatoms. The van der Waals surface area contributed by atoms with Crippen LogP contribution in [0.5, 0.6) is 0 Å². The zero-order chi connectivity index (χ0) is 16.3. The summed E-state index contributed by atoms with van der Waals surface area (Å²) in [6, 6.07) is 26.6. The van der Waals surface area contributed by atoms with Crippen LogP contribution in [0, 0.1) is 13.8 Å². The van der Waals surface area contributed by atoms with Gasteiger partial charge in [0.2, 0.25) is 0 Å². The average molecular weight is 306 g/mol. The lowest BCUT2D eigenvalue weighted by Crippen LogP contribution is -1.90. The van der Waals surface area contributed by atoms with Crippen molar-refractivity contribution >= 4 is 43.1 Å². The van der Waals surface area contributed by atoms with Gasteiger partial charge < -0.3 is 0 Å². The first kappa shape index (κ1) is 13.6. The molecule has 0 N–H and O–H groups in total. The van der Waals surface area contributed by atoms with E-state index >= 15 is 0 Å². The molecule has 0 atom stereocenters. The second-order valence-corrected chi connectivity index (χ2v) is 6.70. The van der Waals surface area contributed by atoms with E-state index in [0.29, 0.717) is 0 Å². The van der Waals surface area contributed by atoms with Gasteiger partial charge in [0, 0.05) is 0 Å². The third-order valence-corrected chi connectivity index (χ3v) is 5.45. The van der Waals surface area contributed by atoms with Crippen molar-refractivity contribution in [3.05, 3.63) is 83.9 Å². The lowest BCUT2D eigenvalue weighted by Gasteiger charge is -2.15. The molecular formula is C24H18. The monoisotopic (exact) mass is 306 g/mol. The maximum absolute atomic E-state index is 2.36. The van der Waals surface area contributed by atoms with Crippen LogP contribution in [-0.2, 0) is 0 Å². The molecular weight excluding hydrogens is 288 g/mol. The van der Waals surface area contributed by atoms with Gasteiger partial charge in [-0.05, 0) is 80.2 Å². The molecule has 0 fully saturated rings. The van der Waals surface area contributed by atoms with Crippen LogP contribution in [0.15, 0.2) is 72.8 Å². The Labute approximate surface area is 141 Å². The fourth-order valence-electron chi connectivity index (χ4n) is 4.06. The fourth-order valence-corrected chi connectivity index (χ4v) is 4.06. The van der Waals surface area contributed by atoms with E-state index < -0.39 is 0 Å². The Hall–Kier alpha value is -2.86. The Bertz CT molecular complexity index is 1250. The van der Waals surface area contributed by atoms with Gasteiger partial charge in [-0.2, -0.15) is 0 Å². The number of rotatable bonds is 0. The number of fused-ring (bicyclic) bond motifs is 6. The number of aryl methyl sites for hydroxylation is 2. The van der Waals surface area contributed by atoms with Crippen LogP contribution < -0.4 is 0 Å². The molecule has 0 heterocycles. The summed E-state index contributed by atoms with van der Waals surface area (Å²) < 4.78 is 0. The third kappa shape index (κ3) is 1.74. The van der Waals surface area contributed by atoms with Crippen LogP contribution in [0.4, 0.5) is 0 Å². The zero-order valence-corrected chi connectivity index (χ0v) is 13.9. The summed E-state index contributed by atoms with van der Waals surface area (Å²) in [5, 5.41) is 10.8. The van der Waals surface area contributed by atoms with Gasteiger partial charge in [0.15, 0.2) is 0 Å². The van der Waals surface area contributed by atoms with E-state index in [9.17, 15) is 0 Å². The fraction of sp³-hybridized carbons (Fsp3) is 0.0833. The Balaban J connectivity index is 2.11. The minimum absolute atomic E-state index is 1.31. The molecule has 0 bridgehead atoms. The third-order valence-electron chi connectivity index (χ3n) is 5.45. The van der Waals surface area contributed by atoms with Gasteiger partial charge in [0.05, 0.1) is 0 Å². The summed E-state index contributed by atoms with van der Waals surface area (Å²) in [4.78, 5) is 0. The lowest BCUT2D eigenvalue weighted by atomic mass is 9.89. The van der Waals surface area contributed by atoms with Crippen molar-refractivity contribution in [3.8, 4) is 0 Å². The van der Waals surface area contributed by atoms with Crippen molar-refractivity contribution < 1.29 is 0 Å². The number of benzene rings is 5. The summed E-state index contributed by atoms with van der Waals surface area (Å²) >= 11 is 0. The van der Waals surface area contributed by atoms with Gasteiger partial charge >= 0.3 is 0 Å². The van der Waals surface area contributed by atoms with E-state index in [-0.39, 0.29) is 0 Å². The molecule has 0 aliphatic rings. The van der Waals surface area contributed by atoms with Crippen LogP contribution in [0.2, 0.25) is 0 Å². The lowest BCUT2D eigenvalue weighted by molar-refractivity contribution is 1.42. The van der Waals surface area contributed by atoms with Crippen molar-refractivity contribution in [2.45, 2.75) is 13.8 Å². The molecule has 0 aromatic heterocycles. The predicted octanol–water partition coefficient (Wildman–Crippen LogP) is 6.92. The van der Waals surface area contributed by atoms with Gasteiger partial charge in [0.25, 0.3) is 0 Å². The molecule has 0 radical (unpaired) electrons. The first-order valence-electron chi connectivity index (χ1n) is 8.47. The van der Waals surface area contributed by atoms with E-state index in [1.165, 1.54) is 54.2 Å². The van der Waals surface area contributed by atoms with Crippen molar-refractivity contribution in [1.29, 1.82) is 0 Å². The summed E-state index contributed by atoms with van der Waals surface area (Å²) in [6.45, 7) is 4.52. The van der Waals surface area contributed by atoms with Crippen LogP contribution in [0.3, 0.4) is 0 Å². The quantitative estimate of drug-likeness (QED) is 0.215. The van der Waals surface area contributed by atoms with Crippen molar-refractivity contribution in [1.82, 2.24) is 0 Å². The minimum atomic E-state index is 1.31. The van der Waals surface area contributed by atoms with E-state index in [2.05, 4.69) is 86.6 Å². The van der Waals surface area contributed by atoms with Crippen molar-refractivity contribution in [2.24, 2.45) is 0 Å². The Morgan fingerprint density at radius 2 is 1.08 bits per heavy atom. The number of hydrogen-bond donors (Lipinski definition) is 0. The molecule has 5 aromatic rings. The van der Waals surface area contributed by atoms with E-state index in [1.807, 2.05) is 0 Å². The van der Waals surface area contributed by atoms with Crippen LogP contribution >= 0.6 is 0 Å². The van der Waals surface area contributed by atoms with Gasteiger partial charge in [-0.15, -0.1) is 0 Å². The first-order chi connectivity index (χ1) is 11.7. The molecule has 114 valence electrons. The molecule has 0 unspecified atom stereocenters. The van der Waals surface area contributed by atoms with Crippen molar-refractivity contribution in [3.63, 3.8) is 0 Å². The molecule has 0 saturated heterocycles. The molecule has 0 aliphatic heterocycles. The van der Waals surface area contributed by atoms with Crippen LogP contribution in [0.1, 0.15) is 11.1 Å². The Morgan fingerprint density at radius 3 is 1.83 bits per heavy atom. The molecule has 0 aliphatic carbocycles. The van der Waals surface area contributed by atoms with Crippen LogP contribution in [-0.4, -0.2) is 0 Å². The van der Waals surface area contributed by atoms with Gasteiger partial charge in [0.1, 0.15) is 0 Å². The highest BCUT2D eigenvalue weighted by atomic mass is 14.2. The highest BCUT2D eigenvalue weighted by Crippen LogP contribution is 2.38. The smallest absolute Gasteiger partial charge is 0.00670 e. The van der Waals surface area contributed by atoms with E-state index in [0.717, 1.165) is 0 Å². The molecule has 24 heavy (non-hydrogen) atoms. The highest BCUT2D eigenvalue weighted by molar-refractivity contribution is 6.21. The average Bonchev–Trinajstić information content (AvgIpc) is 2.64. The first-order valence-corrected chi connectivity index (χ1v) is 8.47. The predicted molar refractivity (Wildman–Crippen MR) is 106 cm³/mol. The molecule has 0 nitrogen and oxygen atoms in total. The summed E-state index contributed by atoms with van der Waals surface area (Å²) in [6.07, 6.45) is 0. The standard InChI is InChI=1S/C24H18/c1-15-16(2)24-20-10-6-5-7-17(20)11-12-21(24)23-14-19-9-4-3-8-18(19)13-22(15)23/h3-14H,1-2H3. The summed E-state index contributed by atoms with van der Waals surface area (Å²) in [7, 11) is 0. The molecule has 0 saturated carbocycles. The van der Waals surface area contributed by atoms with Gasteiger partial charge in [-0.3, -0.25) is 0 Å². The molecule has 5 rings (SSSR count). The largest absolute Gasteiger partial charge is 0.0616 e. The zero-order valence-electron chi connectivity index (χ0n) is 13.9. The summed E-state index contributed by atoms with van der Waals surface area (Å²) in [5.41, 5.74) is 2.78. The van der Waals surface area contributed by atoms with E-state index in [1.54, 1.807) is 0 Å². The number of hydrogen-bond acceptors (Lipinski definition) is 0. The maximum atomic E-state index is 2.36. The topological polar surface area (TPSA) is 0 Å². The van der Waals surface area contributed by atoms with Gasteiger partial charge in [-0.1, -0.05) is 60.7 Å². The normalized spacial score (nSPS) is 11.8. The molecule has 5 aromatic carbocycles. The van der Waals surface area contributed by atoms with Gasteiger partial charge in [-0.25, -0.2) is 0 Å². The van der Waals surface area contributed by atoms with Crippen LogP contribution in [0.25, 0.3) is 43.1 Å². The molecule has 0 spiro atoms. The Kier molecular flexibility index (Phi) is 2.72. The SMILES string of the molecule is Cc1c(C)c2c3ccccc3ccc2c2cc3ccccc3cc12. The van der Waals surface area contributed by atoms with E-state index in [4.69, 9.17) is 0 Å².